The number of amides is 1. The van der Waals surface area contributed by atoms with Crippen molar-refractivity contribution in [2.75, 3.05) is 18.0 Å². The van der Waals surface area contributed by atoms with Crippen molar-refractivity contribution in [1.82, 2.24) is 15.3 Å². The summed E-state index contributed by atoms with van der Waals surface area (Å²) in [6.45, 7) is 6.97. The fourth-order valence-corrected chi connectivity index (χ4v) is 2.65. The molecule has 1 aromatic rings. The van der Waals surface area contributed by atoms with Crippen LogP contribution in [0.4, 0.5) is 10.6 Å². The molecule has 0 aromatic carbocycles. The summed E-state index contributed by atoms with van der Waals surface area (Å²) in [5, 5.41) is 3.27. The number of aromatic nitrogens is 2. The van der Waals surface area contributed by atoms with Crippen molar-refractivity contribution in [2.24, 2.45) is 0 Å². The van der Waals surface area contributed by atoms with Gasteiger partial charge in [-0.2, -0.15) is 0 Å². The summed E-state index contributed by atoms with van der Waals surface area (Å²) in [6.07, 6.45) is 4.31. The van der Waals surface area contributed by atoms with E-state index in [0.717, 1.165) is 31.6 Å². The van der Waals surface area contributed by atoms with Gasteiger partial charge in [0.05, 0.1) is 0 Å². The SMILES string of the molecule is CC(C)(C)OC(=O)NCC1CCCCN1c1cc(Cl)ncn1. The van der Waals surface area contributed by atoms with Gasteiger partial charge in [-0.15, -0.1) is 0 Å². The number of rotatable bonds is 3. The van der Waals surface area contributed by atoms with Crippen molar-refractivity contribution in [2.45, 2.75) is 51.7 Å². The van der Waals surface area contributed by atoms with E-state index < -0.39 is 11.7 Å². The molecule has 1 aromatic heterocycles. The molecule has 1 atom stereocenters. The van der Waals surface area contributed by atoms with Crippen LogP contribution in [0.15, 0.2) is 12.4 Å². The maximum absolute atomic E-state index is 11.8. The smallest absolute Gasteiger partial charge is 0.407 e. The summed E-state index contributed by atoms with van der Waals surface area (Å²) in [6, 6.07) is 1.94. The van der Waals surface area contributed by atoms with Gasteiger partial charge in [0.2, 0.25) is 0 Å². The average molecular weight is 327 g/mol. The maximum Gasteiger partial charge on any atom is 0.407 e. The van der Waals surface area contributed by atoms with E-state index in [1.807, 2.05) is 20.8 Å². The predicted molar refractivity (Wildman–Crippen MR) is 86.3 cm³/mol. The summed E-state index contributed by atoms with van der Waals surface area (Å²) in [5.74, 6) is 0.802. The summed E-state index contributed by atoms with van der Waals surface area (Å²) in [7, 11) is 0. The number of nitrogens with zero attached hydrogens (tertiary/aromatic N) is 3. The average Bonchev–Trinajstić information content (AvgIpc) is 2.44. The second-order valence-corrected chi connectivity index (χ2v) is 6.81. The van der Waals surface area contributed by atoms with Gasteiger partial charge < -0.3 is 15.0 Å². The third kappa shape index (κ3) is 5.02. The molecule has 22 heavy (non-hydrogen) atoms. The fraction of sp³-hybridized carbons (Fsp3) is 0.667. The van der Waals surface area contributed by atoms with Crippen LogP contribution in [-0.4, -0.2) is 40.8 Å². The Bertz CT molecular complexity index is 519. The van der Waals surface area contributed by atoms with Crippen molar-refractivity contribution in [3.63, 3.8) is 0 Å². The Morgan fingerprint density at radius 3 is 2.91 bits per heavy atom. The molecule has 0 saturated carbocycles. The third-order valence-corrected chi connectivity index (χ3v) is 3.63. The Balaban J connectivity index is 1.97. The first-order valence-corrected chi connectivity index (χ1v) is 7.94. The normalized spacial score (nSPS) is 18.9. The molecule has 0 spiro atoms. The molecule has 122 valence electrons. The van der Waals surface area contributed by atoms with Crippen LogP contribution in [0.1, 0.15) is 40.0 Å². The Labute approximate surface area is 136 Å². The van der Waals surface area contributed by atoms with Gasteiger partial charge >= 0.3 is 6.09 Å². The van der Waals surface area contributed by atoms with Crippen LogP contribution in [-0.2, 0) is 4.74 Å². The zero-order valence-corrected chi connectivity index (χ0v) is 14.1. The Hall–Kier alpha value is -1.56. The number of carbonyl (C=O) groups excluding carboxylic acids is 1. The minimum Gasteiger partial charge on any atom is -0.444 e. The molecular formula is C15H23ClN4O2. The number of anilines is 1. The van der Waals surface area contributed by atoms with E-state index in [1.165, 1.54) is 6.33 Å². The molecule has 1 amide bonds. The quantitative estimate of drug-likeness (QED) is 0.865. The molecule has 0 bridgehead atoms. The molecule has 0 radical (unpaired) electrons. The second-order valence-electron chi connectivity index (χ2n) is 6.42. The summed E-state index contributed by atoms with van der Waals surface area (Å²) < 4.78 is 5.27. The Morgan fingerprint density at radius 2 is 2.23 bits per heavy atom. The highest BCUT2D eigenvalue weighted by atomic mass is 35.5. The first kappa shape index (κ1) is 16.8. The fourth-order valence-electron chi connectivity index (χ4n) is 2.51. The molecule has 0 aliphatic carbocycles. The van der Waals surface area contributed by atoms with Crippen LogP contribution < -0.4 is 10.2 Å². The standard InChI is InChI=1S/C15H23ClN4O2/c1-15(2,3)22-14(21)17-9-11-6-4-5-7-20(11)13-8-12(16)18-10-19-13/h8,10-11H,4-7,9H2,1-3H3,(H,17,21). The molecule has 1 saturated heterocycles. The minimum absolute atomic E-state index is 0.187. The topological polar surface area (TPSA) is 67.3 Å². The Kier molecular flexibility index (Phi) is 5.45. The molecule has 7 heteroatoms. The number of halogens is 1. The third-order valence-electron chi connectivity index (χ3n) is 3.42. The van der Waals surface area contributed by atoms with Gasteiger partial charge in [-0.3, -0.25) is 0 Å². The van der Waals surface area contributed by atoms with Crippen LogP contribution in [0.2, 0.25) is 5.15 Å². The molecule has 1 fully saturated rings. The molecule has 1 unspecified atom stereocenters. The van der Waals surface area contributed by atoms with E-state index in [-0.39, 0.29) is 6.04 Å². The summed E-state index contributed by atoms with van der Waals surface area (Å²) in [5.41, 5.74) is -0.490. The van der Waals surface area contributed by atoms with Crippen LogP contribution >= 0.6 is 11.6 Å². The van der Waals surface area contributed by atoms with Gasteiger partial charge in [0, 0.05) is 25.2 Å². The van der Waals surface area contributed by atoms with Crippen molar-refractivity contribution in [3.8, 4) is 0 Å². The molecule has 1 aliphatic heterocycles. The summed E-state index contributed by atoms with van der Waals surface area (Å²) in [4.78, 5) is 22.2. The number of nitrogens with one attached hydrogen (secondary N) is 1. The highest BCUT2D eigenvalue weighted by Crippen LogP contribution is 2.24. The second kappa shape index (κ2) is 7.13. The number of alkyl carbamates (subject to hydrolysis) is 1. The van der Waals surface area contributed by atoms with Crippen molar-refractivity contribution in [1.29, 1.82) is 0 Å². The van der Waals surface area contributed by atoms with E-state index in [9.17, 15) is 4.79 Å². The van der Waals surface area contributed by atoms with Crippen molar-refractivity contribution < 1.29 is 9.53 Å². The van der Waals surface area contributed by atoms with Crippen molar-refractivity contribution >= 4 is 23.5 Å². The van der Waals surface area contributed by atoms with Gasteiger partial charge in [-0.05, 0) is 40.0 Å². The van der Waals surface area contributed by atoms with Gasteiger partial charge in [0.15, 0.2) is 0 Å². The lowest BCUT2D eigenvalue weighted by Gasteiger charge is -2.36. The van der Waals surface area contributed by atoms with E-state index >= 15 is 0 Å². The van der Waals surface area contributed by atoms with E-state index in [2.05, 4.69) is 20.2 Å². The van der Waals surface area contributed by atoms with Crippen LogP contribution in [0.3, 0.4) is 0 Å². The van der Waals surface area contributed by atoms with Crippen LogP contribution in [0.25, 0.3) is 0 Å². The molecule has 1 aliphatic rings. The number of hydrogen-bond donors (Lipinski definition) is 1. The molecule has 1 N–H and O–H groups in total. The van der Waals surface area contributed by atoms with Crippen LogP contribution in [0.5, 0.6) is 0 Å². The van der Waals surface area contributed by atoms with Gasteiger partial charge in [0.1, 0.15) is 22.9 Å². The maximum atomic E-state index is 11.8. The van der Waals surface area contributed by atoms with Gasteiger partial charge in [-0.1, -0.05) is 11.6 Å². The molecular weight excluding hydrogens is 304 g/mol. The first-order chi connectivity index (χ1) is 10.3. The highest BCUT2D eigenvalue weighted by molar-refractivity contribution is 6.29. The summed E-state index contributed by atoms with van der Waals surface area (Å²) >= 11 is 5.94. The van der Waals surface area contributed by atoms with Gasteiger partial charge in [0.25, 0.3) is 0 Å². The minimum atomic E-state index is -0.490. The first-order valence-electron chi connectivity index (χ1n) is 7.56. The predicted octanol–water partition coefficient (Wildman–Crippen LogP) is 3.01. The van der Waals surface area contributed by atoms with Crippen molar-refractivity contribution in [3.05, 3.63) is 17.5 Å². The lowest BCUT2D eigenvalue weighted by atomic mass is 10.0. The monoisotopic (exact) mass is 326 g/mol. The largest absolute Gasteiger partial charge is 0.444 e. The lowest BCUT2D eigenvalue weighted by molar-refractivity contribution is 0.0523. The number of hydrogen-bond acceptors (Lipinski definition) is 5. The zero-order chi connectivity index (χ0) is 16.2. The lowest BCUT2D eigenvalue weighted by Crippen LogP contribution is -2.48. The van der Waals surface area contributed by atoms with Crippen LogP contribution in [0, 0.1) is 0 Å². The van der Waals surface area contributed by atoms with E-state index in [1.54, 1.807) is 6.07 Å². The highest BCUT2D eigenvalue weighted by Gasteiger charge is 2.25. The molecule has 2 rings (SSSR count). The van der Waals surface area contributed by atoms with Gasteiger partial charge in [-0.25, -0.2) is 14.8 Å². The molecule has 6 nitrogen and oxygen atoms in total. The van der Waals surface area contributed by atoms with E-state index in [4.69, 9.17) is 16.3 Å². The number of ether oxygens (including phenoxy) is 1. The number of carbonyl (C=O) groups is 1. The molecule has 2 heterocycles. The zero-order valence-electron chi connectivity index (χ0n) is 13.3. The Morgan fingerprint density at radius 1 is 1.45 bits per heavy atom. The number of piperidine rings is 1. The van der Waals surface area contributed by atoms with E-state index in [0.29, 0.717) is 11.7 Å².